The molecule has 0 radical (unpaired) electrons. The van der Waals surface area contributed by atoms with Crippen LogP contribution in [0.4, 0.5) is 0 Å². The molecular formula is C10H19N3OS2. The standard InChI is InChI=1S/C10H19N3OS2/c1-16-7-10(14)12-8-2-4-13(5-3-8)6-9(11)15/h8H,2-7H2,1H3,(H2,11,15)(H,12,14). The van der Waals surface area contributed by atoms with Crippen molar-refractivity contribution in [2.45, 2.75) is 18.9 Å². The van der Waals surface area contributed by atoms with E-state index in [2.05, 4.69) is 10.2 Å². The molecule has 0 atom stereocenters. The molecule has 3 N–H and O–H groups in total. The van der Waals surface area contributed by atoms with E-state index in [1.54, 1.807) is 11.8 Å². The monoisotopic (exact) mass is 261 g/mol. The lowest BCUT2D eigenvalue weighted by molar-refractivity contribution is -0.119. The van der Waals surface area contributed by atoms with Crippen molar-refractivity contribution in [3.8, 4) is 0 Å². The van der Waals surface area contributed by atoms with Crippen LogP contribution in [-0.4, -0.2) is 53.5 Å². The van der Waals surface area contributed by atoms with Crippen LogP contribution in [0, 0.1) is 0 Å². The van der Waals surface area contributed by atoms with Gasteiger partial charge >= 0.3 is 0 Å². The predicted octanol–water partition coefficient (Wildman–Crippen LogP) is 0.216. The summed E-state index contributed by atoms with van der Waals surface area (Å²) >= 11 is 6.43. The molecule has 1 saturated heterocycles. The highest BCUT2D eigenvalue weighted by molar-refractivity contribution is 7.99. The summed E-state index contributed by atoms with van der Waals surface area (Å²) in [5, 5.41) is 3.04. The van der Waals surface area contributed by atoms with Crippen LogP contribution in [0.15, 0.2) is 0 Å². The summed E-state index contributed by atoms with van der Waals surface area (Å²) in [6.45, 7) is 2.62. The third-order valence-corrected chi connectivity index (χ3v) is 3.29. The number of thioether (sulfide) groups is 1. The average Bonchev–Trinajstić information content (AvgIpc) is 2.20. The second kappa shape index (κ2) is 7.09. The number of hydrogen-bond acceptors (Lipinski definition) is 4. The van der Waals surface area contributed by atoms with Crippen molar-refractivity contribution in [3.05, 3.63) is 0 Å². The Labute approximate surface area is 106 Å². The van der Waals surface area contributed by atoms with Gasteiger partial charge in [-0.15, -0.1) is 0 Å². The van der Waals surface area contributed by atoms with E-state index >= 15 is 0 Å². The van der Waals surface area contributed by atoms with Crippen LogP contribution in [0.5, 0.6) is 0 Å². The van der Waals surface area contributed by atoms with Gasteiger partial charge in [0.05, 0.1) is 10.7 Å². The number of likely N-dealkylation sites (tertiary alicyclic amines) is 1. The van der Waals surface area contributed by atoms with Crippen LogP contribution in [0.3, 0.4) is 0 Å². The van der Waals surface area contributed by atoms with Crippen LogP contribution in [-0.2, 0) is 4.79 Å². The largest absolute Gasteiger partial charge is 0.392 e. The minimum atomic E-state index is 0.139. The van der Waals surface area contributed by atoms with Gasteiger partial charge in [0.1, 0.15) is 0 Å². The number of piperidine rings is 1. The van der Waals surface area contributed by atoms with Gasteiger partial charge in [-0.3, -0.25) is 9.69 Å². The quantitative estimate of drug-likeness (QED) is 0.693. The maximum atomic E-state index is 11.4. The number of amides is 1. The first-order chi connectivity index (χ1) is 7.61. The van der Waals surface area contributed by atoms with Crippen molar-refractivity contribution in [2.24, 2.45) is 5.73 Å². The number of hydrogen-bond donors (Lipinski definition) is 2. The Morgan fingerprint density at radius 1 is 1.56 bits per heavy atom. The van der Waals surface area contributed by atoms with Crippen LogP contribution in [0.2, 0.25) is 0 Å². The van der Waals surface area contributed by atoms with Crippen molar-refractivity contribution in [1.82, 2.24) is 10.2 Å². The topological polar surface area (TPSA) is 58.4 Å². The number of carbonyl (C=O) groups excluding carboxylic acids is 1. The first kappa shape index (κ1) is 13.7. The van der Waals surface area contributed by atoms with Gasteiger partial charge in [-0.1, -0.05) is 12.2 Å². The molecule has 0 bridgehead atoms. The SMILES string of the molecule is CSCC(=O)NC1CCN(CC(N)=S)CC1. The van der Waals surface area contributed by atoms with E-state index in [4.69, 9.17) is 18.0 Å². The fraction of sp³-hybridized carbons (Fsp3) is 0.800. The van der Waals surface area contributed by atoms with Crippen LogP contribution >= 0.6 is 24.0 Å². The van der Waals surface area contributed by atoms with E-state index in [9.17, 15) is 4.79 Å². The highest BCUT2D eigenvalue weighted by atomic mass is 32.2. The lowest BCUT2D eigenvalue weighted by Gasteiger charge is -2.31. The van der Waals surface area contributed by atoms with Crippen molar-refractivity contribution < 1.29 is 4.79 Å². The van der Waals surface area contributed by atoms with Gasteiger partial charge in [-0.25, -0.2) is 0 Å². The Balaban J connectivity index is 2.21. The molecule has 16 heavy (non-hydrogen) atoms. The van der Waals surface area contributed by atoms with Gasteiger partial charge in [0.2, 0.25) is 5.91 Å². The number of nitrogens with two attached hydrogens (primary N) is 1. The molecule has 0 spiro atoms. The lowest BCUT2D eigenvalue weighted by atomic mass is 10.1. The van der Waals surface area contributed by atoms with Crippen LogP contribution < -0.4 is 11.1 Å². The summed E-state index contributed by atoms with van der Waals surface area (Å²) in [7, 11) is 0. The van der Waals surface area contributed by atoms with Gasteiger partial charge < -0.3 is 11.1 Å². The second-order valence-electron chi connectivity index (χ2n) is 4.02. The highest BCUT2D eigenvalue weighted by Gasteiger charge is 2.20. The molecule has 1 fully saturated rings. The average molecular weight is 261 g/mol. The number of thiocarbonyl (C=S) groups is 1. The predicted molar refractivity (Wildman–Crippen MR) is 72.8 cm³/mol. The molecule has 1 aliphatic rings. The highest BCUT2D eigenvalue weighted by Crippen LogP contribution is 2.10. The molecule has 0 saturated carbocycles. The van der Waals surface area contributed by atoms with E-state index in [0.717, 1.165) is 25.9 Å². The Morgan fingerprint density at radius 2 is 2.19 bits per heavy atom. The fourth-order valence-corrected chi connectivity index (χ4v) is 2.38. The second-order valence-corrected chi connectivity index (χ2v) is 5.41. The Kier molecular flexibility index (Phi) is 6.08. The zero-order valence-corrected chi connectivity index (χ0v) is 11.2. The van der Waals surface area contributed by atoms with Crippen LogP contribution in [0.25, 0.3) is 0 Å². The lowest BCUT2D eigenvalue weighted by Crippen LogP contribution is -2.46. The number of nitrogens with zero attached hydrogens (tertiary/aromatic N) is 1. The Hall–Kier alpha value is -0.330. The third kappa shape index (κ3) is 5.14. The molecule has 1 aliphatic heterocycles. The third-order valence-electron chi connectivity index (χ3n) is 2.61. The van der Waals surface area contributed by atoms with E-state index in [1.807, 2.05) is 6.26 Å². The molecule has 6 heteroatoms. The van der Waals surface area contributed by atoms with Crippen molar-refractivity contribution in [2.75, 3.05) is 31.6 Å². The molecule has 1 rings (SSSR count). The summed E-state index contributed by atoms with van der Waals surface area (Å²) in [4.78, 5) is 14.2. The first-order valence-corrected chi connectivity index (χ1v) is 7.21. The van der Waals surface area contributed by atoms with Crippen molar-refractivity contribution >= 4 is 34.9 Å². The summed E-state index contributed by atoms with van der Waals surface area (Å²) in [6.07, 6.45) is 3.91. The summed E-state index contributed by atoms with van der Waals surface area (Å²) in [6, 6.07) is 0.322. The molecular weight excluding hydrogens is 242 g/mol. The molecule has 0 unspecified atom stereocenters. The number of nitrogens with one attached hydrogen (secondary N) is 1. The molecule has 0 aliphatic carbocycles. The minimum absolute atomic E-state index is 0.139. The molecule has 1 heterocycles. The normalized spacial score (nSPS) is 18.3. The zero-order valence-electron chi connectivity index (χ0n) is 9.57. The molecule has 0 aromatic heterocycles. The van der Waals surface area contributed by atoms with Gasteiger partial charge in [0.25, 0.3) is 0 Å². The zero-order chi connectivity index (χ0) is 12.0. The first-order valence-electron chi connectivity index (χ1n) is 5.40. The Morgan fingerprint density at radius 3 is 2.69 bits per heavy atom. The molecule has 0 aromatic rings. The number of carbonyl (C=O) groups is 1. The molecule has 4 nitrogen and oxygen atoms in total. The van der Waals surface area contributed by atoms with Gasteiger partial charge in [-0.05, 0) is 19.1 Å². The van der Waals surface area contributed by atoms with E-state index < -0.39 is 0 Å². The summed E-state index contributed by atoms with van der Waals surface area (Å²) in [5.74, 6) is 0.688. The van der Waals surface area contributed by atoms with Gasteiger partial charge in [-0.2, -0.15) is 11.8 Å². The molecule has 92 valence electrons. The minimum Gasteiger partial charge on any atom is -0.392 e. The van der Waals surface area contributed by atoms with E-state index in [1.165, 1.54) is 0 Å². The van der Waals surface area contributed by atoms with Crippen LogP contribution in [0.1, 0.15) is 12.8 Å². The smallest absolute Gasteiger partial charge is 0.230 e. The van der Waals surface area contributed by atoms with Gasteiger partial charge in [0, 0.05) is 25.7 Å². The van der Waals surface area contributed by atoms with Crippen molar-refractivity contribution in [1.29, 1.82) is 0 Å². The summed E-state index contributed by atoms with van der Waals surface area (Å²) in [5.41, 5.74) is 5.50. The van der Waals surface area contributed by atoms with E-state index in [0.29, 0.717) is 23.3 Å². The molecule has 0 aromatic carbocycles. The number of rotatable bonds is 5. The maximum Gasteiger partial charge on any atom is 0.230 e. The van der Waals surface area contributed by atoms with E-state index in [-0.39, 0.29) is 5.91 Å². The van der Waals surface area contributed by atoms with Crippen molar-refractivity contribution in [3.63, 3.8) is 0 Å². The Bertz CT molecular complexity index is 252. The molecule has 1 amide bonds. The van der Waals surface area contributed by atoms with Gasteiger partial charge in [0.15, 0.2) is 0 Å². The fourth-order valence-electron chi connectivity index (χ4n) is 1.86. The summed E-state index contributed by atoms with van der Waals surface area (Å²) < 4.78 is 0. The maximum absolute atomic E-state index is 11.4.